The molecule has 4 rings (SSSR count). The summed E-state index contributed by atoms with van der Waals surface area (Å²) in [7, 11) is 4.93. The van der Waals surface area contributed by atoms with Crippen molar-refractivity contribution in [2.75, 3.05) is 21.3 Å². The zero-order valence-corrected chi connectivity index (χ0v) is 19.9. The molecule has 0 aromatic heterocycles. The summed E-state index contributed by atoms with van der Waals surface area (Å²) in [6.07, 6.45) is 4.24. The lowest BCUT2D eigenvalue weighted by molar-refractivity contribution is 0.324. The summed E-state index contributed by atoms with van der Waals surface area (Å²) in [6.45, 7) is 6.76. The first-order chi connectivity index (χ1) is 15.5. The van der Waals surface area contributed by atoms with Gasteiger partial charge in [0.15, 0.2) is 11.5 Å². The Kier molecular flexibility index (Phi) is 6.27. The Balaban J connectivity index is 1.61. The van der Waals surface area contributed by atoms with E-state index < -0.39 is 0 Å². The van der Waals surface area contributed by atoms with Crippen molar-refractivity contribution in [1.29, 1.82) is 0 Å². The van der Waals surface area contributed by atoms with E-state index in [1.807, 2.05) is 12.1 Å². The third kappa shape index (κ3) is 4.00. The van der Waals surface area contributed by atoms with Crippen LogP contribution >= 0.6 is 0 Å². The van der Waals surface area contributed by atoms with Crippen LogP contribution in [0.25, 0.3) is 5.57 Å². The van der Waals surface area contributed by atoms with Crippen LogP contribution in [0.2, 0.25) is 0 Å². The molecule has 3 aromatic rings. The molecule has 1 unspecified atom stereocenters. The molecule has 3 heteroatoms. The number of aryl methyl sites for hydroxylation is 1. The fourth-order valence-corrected chi connectivity index (χ4v) is 4.76. The Labute approximate surface area is 191 Å². The molecule has 166 valence electrons. The van der Waals surface area contributed by atoms with Gasteiger partial charge in [-0.2, -0.15) is 0 Å². The van der Waals surface area contributed by atoms with Crippen LogP contribution in [0.4, 0.5) is 0 Å². The summed E-state index contributed by atoms with van der Waals surface area (Å²) in [6, 6.07) is 17.5. The van der Waals surface area contributed by atoms with Gasteiger partial charge in [-0.05, 0) is 83.3 Å². The zero-order valence-electron chi connectivity index (χ0n) is 19.9. The smallest absolute Gasteiger partial charge is 0.203 e. The standard InChI is InChI=1S/C29H32O3/c1-18-10-11-26-24(19(18)2)12-13-25(26)20(3)23-9-7-8-21(15-23)14-22-16-27(30-4)29(32-6)28(17-22)31-5/h7-11,13,15-17,20H,12,14H2,1-6H3. The van der Waals surface area contributed by atoms with E-state index in [2.05, 4.69) is 63.2 Å². The van der Waals surface area contributed by atoms with E-state index in [0.29, 0.717) is 23.2 Å². The van der Waals surface area contributed by atoms with Gasteiger partial charge in [-0.25, -0.2) is 0 Å². The highest BCUT2D eigenvalue weighted by Crippen LogP contribution is 2.41. The van der Waals surface area contributed by atoms with Crippen LogP contribution in [0.5, 0.6) is 17.2 Å². The predicted octanol–water partition coefficient (Wildman–Crippen LogP) is 6.66. The van der Waals surface area contributed by atoms with E-state index in [-0.39, 0.29) is 0 Å². The highest BCUT2D eigenvalue weighted by molar-refractivity contribution is 5.78. The fourth-order valence-electron chi connectivity index (χ4n) is 4.76. The van der Waals surface area contributed by atoms with Gasteiger partial charge in [-0.3, -0.25) is 0 Å². The van der Waals surface area contributed by atoms with Crippen molar-refractivity contribution in [3.05, 3.63) is 93.6 Å². The molecule has 0 N–H and O–H groups in total. The largest absolute Gasteiger partial charge is 0.493 e. The lowest BCUT2D eigenvalue weighted by atomic mass is 9.87. The van der Waals surface area contributed by atoms with Crippen LogP contribution < -0.4 is 14.2 Å². The number of ether oxygens (including phenoxy) is 3. The van der Waals surface area contributed by atoms with Crippen LogP contribution in [0.1, 0.15) is 51.8 Å². The first-order valence-corrected chi connectivity index (χ1v) is 11.1. The molecule has 1 atom stereocenters. The van der Waals surface area contributed by atoms with Gasteiger partial charge in [0.05, 0.1) is 21.3 Å². The zero-order chi connectivity index (χ0) is 22.8. The van der Waals surface area contributed by atoms with Crippen LogP contribution in [-0.4, -0.2) is 21.3 Å². The van der Waals surface area contributed by atoms with Crippen LogP contribution in [0.3, 0.4) is 0 Å². The summed E-state index contributed by atoms with van der Waals surface area (Å²) < 4.78 is 16.5. The number of methoxy groups -OCH3 is 3. The van der Waals surface area contributed by atoms with E-state index in [1.165, 1.54) is 39.0 Å². The first kappa shape index (κ1) is 22.0. The molecule has 0 fully saturated rings. The molecule has 0 heterocycles. The predicted molar refractivity (Wildman–Crippen MR) is 131 cm³/mol. The molecule has 0 spiro atoms. The Morgan fingerprint density at radius 3 is 2.22 bits per heavy atom. The van der Waals surface area contributed by atoms with Gasteiger partial charge < -0.3 is 14.2 Å². The Bertz CT molecular complexity index is 1150. The molecule has 32 heavy (non-hydrogen) atoms. The minimum atomic E-state index is 0.346. The van der Waals surface area contributed by atoms with E-state index in [9.17, 15) is 0 Å². The highest BCUT2D eigenvalue weighted by atomic mass is 16.5. The third-order valence-electron chi connectivity index (χ3n) is 6.76. The van der Waals surface area contributed by atoms with Gasteiger partial charge in [0.1, 0.15) is 0 Å². The Morgan fingerprint density at radius 2 is 1.56 bits per heavy atom. The van der Waals surface area contributed by atoms with Crippen molar-refractivity contribution < 1.29 is 14.2 Å². The maximum absolute atomic E-state index is 5.53. The van der Waals surface area contributed by atoms with Crippen LogP contribution in [0.15, 0.2) is 54.6 Å². The van der Waals surface area contributed by atoms with Gasteiger partial charge in [0.25, 0.3) is 0 Å². The van der Waals surface area contributed by atoms with E-state index in [0.717, 1.165) is 18.4 Å². The van der Waals surface area contributed by atoms with E-state index in [4.69, 9.17) is 14.2 Å². The summed E-state index contributed by atoms with van der Waals surface area (Å²) in [5, 5.41) is 0. The molecule has 0 saturated carbocycles. The van der Waals surface area contributed by atoms with Crippen molar-refractivity contribution in [3.63, 3.8) is 0 Å². The summed E-state index contributed by atoms with van der Waals surface area (Å²) >= 11 is 0. The average molecular weight is 429 g/mol. The lowest BCUT2D eigenvalue weighted by Crippen LogP contribution is -2.00. The van der Waals surface area contributed by atoms with Gasteiger partial charge in [0.2, 0.25) is 5.75 Å². The molecule has 1 aliphatic rings. The molecule has 0 amide bonds. The minimum Gasteiger partial charge on any atom is -0.493 e. The molecule has 0 radical (unpaired) electrons. The second-order valence-corrected chi connectivity index (χ2v) is 8.57. The average Bonchev–Trinajstić information content (AvgIpc) is 3.25. The molecule has 0 bridgehead atoms. The van der Waals surface area contributed by atoms with Crippen molar-refractivity contribution in [2.24, 2.45) is 0 Å². The van der Waals surface area contributed by atoms with Gasteiger partial charge in [0, 0.05) is 5.92 Å². The van der Waals surface area contributed by atoms with Crippen molar-refractivity contribution in [3.8, 4) is 17.2 Å². The number of fused-ring (bicyclic) bond motifs is 1. The summed E-state index contributed by atoms with van der Waals surface area (Å²) in [4.78, 5) is 0. The number of rotatable bonds is 7. The first-order valence-electron chi connectivity index (χ1n) is 11.1. The third-order valence-corrected chi connectivity index (χ3v) is 6.76. The van der Waals surface area contributed by atoms with E-state index in [1.54, 1.807) is 21.3 Å². The number of benzene rings is 3. The molecular weight excluding hydrogens is 396 g/mol. The van der Waals surface area contributed by atoms with Crippen molar-refractivity contribution in [2.45, 2.75) is 39.5 Å². The normalized spacial score (nSPS) is 13.4. The highest BCUT2D eigenvalue weighted by Gasteiger charge is 2.22. The van der Waals surface area contributed by atoms with Gasteiger partial charge in [-0.15, -0.1) is 0 Å². The Hall–Kier alpha value is -3.20. The SMILES string of the molecule is COc1cc(Cc2cccc(C(C)C3=CCc4c3ccc(C)c4C)c2)cc(OC)c1OC. The molecule has 1 aliphatic carbocycles. The second kappa shape index (κ2) is 9.12. The van der Waals surface area contributed by atoms with Gasteiger partial charge in [-0.1, -0.05) is 49.4 Å². The van der Waals surface area contributed by atoms with Crippen LogP contribution in [0, 0.1) is 13.8 Å². The molecule has 0 aliphatic heterocycles. The van der Waals surface area contributed by atoms with Crippen molar-refractivity contribution >= 4 is 5.57 Å². The number of hydrogen-bond acceptors (Lipinski definition) is 3. The van der Waals surface area contributed by atoms with Crippen LogP contribution in [-0.2, 0) is 12.8 Å². The molecule has 0 saturated heterocycles. The summed E-state index contributed by atoms with van der Waals surface area (Å²) in [5.74, 6) is 2.34. The second-order valence-electron chi connectivity index (χ2n) is 8.57. The Morgan fingerprint density at radius 1 is 0.844 bits per heavy atom. The fraction of sp³-hybridized carbons (Fsp3) is 0.310. The quantitative estimate of drug-likeness (QED) is 0.421. The monoisotopic (exact) mass is 428 g/mol. The van der Waals surface area contributed by atoms with E-state index >= 15 is 0 Å². The molecule has 3 aromatic carbocycles. The molecular formula is C29H32O3. The lowest BCUT2D eigenvalue weighted by Gasteiger charge is -2.18. The van der Waals surface area contributed by atoms with Crippen molar-refractivity contribution in [1.82, 2.24) is 0 Å². The number of allylic oxidation sites excluding steroid dienone is 2. The molecule has 3 nitrogen and oxygen atoms in total. The van der Waals surface area contributed by atoms with Gasteiger partial charge >= 0.3 is 0 Å². The maximum atomic E-state index is 5.53. The topological polar surface area (TPSA) is 27.7 Å². The number of hydrogen-bond donors (Lipinski definition) is 0. The summed E-state index contributed by atoms with van der Waals surface area (Å²) in [5.41, 5.74) is 10.9. The minimum absolute atomic E-state index is 0.346. The maximum Gasteiger partial charge on any atom is 0.203 e.